The smallest absolute Gasteiger partial charge is 0.195 e. The van der Waals surface area contributed by atoms with Gasteiger partial charge in [0.1, 0.15) is 0 Å². The van der Waals surface area contributed by atoms with Gasteiger partial charge in [0, 0.05) is 20.5 Å². The molecule has 2 rings (SSSR count). The molecule has 0 aliphatic heterocycles. The van der Waals surface area contributed by atoms with Crippen molar-refractivity contribution in [1.82, 2.24) is 0 Å². The largest absolute Gasteiger partial charge is 0.289 e. The monoisotopic (exact) mass is 392 g/mol. The highest BCUT2D eigenvalue weighted by molar-refractivity contribution is 9.11. The molecule has 17 heavy (non-hydrogen) atoms. The molecule has 0 saturated carbocycles. The molecule has 5 heteroatoms. The second-order valence-electron chi connectivity index (χ2n) is 3.47. The number of ketones is 1. The molecule has 0 aliphatic carbocycles. The molecule has 0 bridgehead atoms. The number of aryl methyl sites for hydroxylation is 1. The molecule has 0 unspecified atom stereocenters. The predicted octanol–water partition coefficient (Wildman–Crippen LogP) is 5.47. The highest BCUT2D eigenvalue weighted by Gasteiger charge is 2.17. The van der Waals surface area contributed by atoms with Gasteiger partial charge in [-0.3, -0.25) is 4.79 Å². The summed E-state index contributed by atoms with van der Waals surface area (Å²) in [5.41, 5.74) is 1.23. The third kappa shape index (κ3) is 2.81. The van der Waals surface area contributed by atoms with Crippen molar-refractivity contribution < 1.29 is 4.79 Å². The van der Waals surface area contributed by atoms with Gasteiger partial charge in [-0.15, -0.1) is 11.3 Å². The summed E-state index contributed by atoms with van der Waals surface area (Å²) in [7, 11) is 0. The predicted molar refractivity (Wildman–Crippen MR) is 79.3 cm³/mol. The van der Waals surface area contributed by atoms with Crippen LogP contribution in [0, 0.1) is 6.92 Å². The van der Waals surface area contributed by atoms with Crippen LogP contribution in [-0.4, -0.2) is 5.78 Å². The minimum atomic E-state index is -0.0399. The highest BCUT2D eigenvalue weighted by atomic mass is 79.9. The van der Waals surface area contributed by atoms with Crippen LogP contribution in [0.15, 0.2) is 32.5 Å². The Kier molecular flexibility index (Phi) is 4.08. The Balaban J connectivity index is 2.47. The molecule has 0 N–H and O–H groups in total. The van der Waals surface area contributed by atoms with E-state index in [2.05, 4.69) is 31.9 Å². The molecule has 1 nitrogen and oxygen atoms in total. The molecular formula is C12H7Br2ClOS. The lowest BCUT2D eigenvalue weighted by atomic mass is 10.0. The van der Waals surface area contributed by atoms with E-state index < -0.39 is 0 Å². The molecule has 0 saturated heterocycles. The summed E-state index contributed by atoms with van der Waals surface area (Å²) in [4.78, 5) is 13.3. The zero-order chi connectivity index (χ0) is 12.6. The van der Waals surface area contributed by atoms with Crippen molar-refractivity contribution in [1.29, 1.82) is 0 Å². The number of benzene rings is 1. The van der Waals surface area contributed by atoms with Gasteiger partial charge in [-0.2, -0.15) is 0 Å². The summed E-state index contributed by atoms with van der Waals surface area (Å²) < 4.78 is 1.81. The van der Waals surface area contributed by atoms with Gasteiger partial charge in [-0.1, -0.05) is 27.5 Å². The van der Waals surface area contributed by atoms with E-state index in [9.17, 15) is 4.79 Å². The first-order valence-corrected chi connectivity index (χ1v) is 7.53. The first-order chi connectivity index (χ1) is 7.99. The molecule has 0 atom stereocenters. The van der Waals surface area contributed by atoms with Crippen LogP contribution in [0.1, 0.15) is 20.8 Å². The fourth-order valence-corrected chi connectivity index (χ4v) is 3.94. The van der Waals surface area contributed by atoms with E-state index in [0.29, 0.717) is 16.1 Å². The van der Waals surface area contributed by atoms with Crippen LogP contribution in [-0.2, 0) is 0 Å². The van der Waals surface area contributed by atoms with Gasteiger partial charge in [0.05, 0.1) is 8.81 Å². The number of rotatable bonds is 2. The van der Waals surface area contributed by atoms with Gasteiger partial charge in [0.25, 0.3) is 0 Å². The number of hydrogen-bond acceptors (Lipinski definition) is 2. The summed E-state index contributed by atoms with van der Waals surface area (Å²) in [5.74, 6) is -0.0399. The molecule has 0 amide bonds. The van der Waals surface area contributed by atoms with Crippen molar-refractivity contribution >= 4 is 60.6 Å². The maximum absolute atomic E-state index is 12.3. The number of halogens is 3. The van der Waals surface area contributed by atoms with Gasteiger partial charge >= 0.3 is 0 Å². The third-order valence-electron chi connectivity index (χ3n) is 2.31. The molecule has 1 aromatic carbocycles. The Morgan fingerprint density at radius 2 is 1.94 bits per heavy atom. The van der Waals surface area contributed by atoms with Crippen molar-refractivity contribution in [2.45, 2.75) is 6.92 Å². The topological polar surface area (TPSA) is 17.1 Å². The van der Waals surface area contributed by atoms with E-state index >= 15 is 0 Å². The second-order valence-corrected chi connectivity index (χ2v) is 7.43. The lowest BCUT2D eigenvalue weighted by Crippen LogP contribution is -2.02. The lowest BCUT2D eigenvalue weighted by molar-refractivity contribution is 0.103. The van der Waals surface area contributed by atoms with Crippen LogP contribution in [0.25, 0.3) is 0 Å². The summed E-state index contributed by atoms with van der Waals surface area (Å²) in [6, 6.07) is 7.11. The van der Waals surface area contributed by atoms with Gasteiger partial charge in [0.15, 0.2) is 5.78 Å². The molecule has 1 aromatic heterocycles. The van der Waals surface area contributed by atoms with Crippen LogP contribution in [0.4, 0.5) is 0 Å². The Morgan fingerprint density at radius 3 is 2.47 bits per heavy atom. The van der Waals surface area contributed by atoms with Crippen molar-refractivity contribution in [3.63, 3.8) is 0 Å². The summed E-state index contributed by atoms with van der Waals surface area (Å²) in [5, 5.41) is 0.464. The first kappa shape index (κ1) is 13.3. The molecule has 1 heterocycles. The van der Waals surface area contributed by atoms with Crippen molar-refractivity contribution in [3.8, 4) is 0 Å². The maximum Gasteiger partial charge on any atom is 0.195 e. The lowest BCUT2D eigenvalue weighted by Gasteiger charge is -2.03. The summed E-state index contributed by atoms with van der Waals surface area (Å²) in [6.07, 6.45) is 0. The standard InChI is InChI=1S/C12H7Br2ClOS/c1-6-9(5-11(14)17-6)12(16)8-3-2-7(13)4-10(8)15/h2-5H,1H3. The Labute approximate surface area is 125 Å². The quantitative estimate of drug-likeness (QED) is 0.618. The summed E-state index contributed by atoms with van der Waals surface area (Å²) in [6.45, 7) is 1.93. The number of carbonyl (C=O) groups excluding carboxylic acids is 1. The molecule has 0 spiro atoms. The normalized spacial score (nSPS) is 10.6. The molecule has 2 aromatic rings. The molecular weight excluding hydrogens is 387 g/mol. The van der Waals surface area contributed by atoms with E-state index in [1.165, 1.54) is 0 Å². The Morgan fingerprint density at radius 1 is 1.24 bits per heavy atom. The number of carbonyl (C=O) groups is 1. The third-order valence-corrected chi connectivity index (χ3v) is 4.67. The van der Waals surface area contributed by atoms with Crippen molar-refractivity contribution in [2.75, 3.05) is 0 Å². The number of hydrogen-bond donors (Lipinski definition) is 0. The molecule has 88 valence electrons. The van der Waals surface area contributed by atoms with Gasteiger partial charge in [-0.25, -0.2) is 0 Å². The molecule has 0 radical (unpaired) electrons. The van der Waals surface area contributed by atoms with Crippen LogP contribution >= 0.6 is 54.8 Å². The second kappa shape index (κ2) is 5.22. The average Bonchev–Trinajstić information content (AvgIpc) is 2.57. The van der Waals surface area contributed by atoms with Crippen molar-refractivity contribution in [2.24, 2.45) is 0 Å². The van der Waals surface area contributed by atoms with Crippen LogP contribution in [0.5, 0.6) is 0 Å². The first-order valence-electron chi connectivity index (χ1n) is 4.74. The van der Waals surface area contributed by atoms with E-state index in [-0.39, 0.29) is 5.78 Å². The molecule has 0 fully saturated rings. The average molecular weight is 395 g/mol. The van der Waals surface area contributed by atoms with Crippen LogP contribution in [0.2, 0.25) is 5.02 Å². The Hall–Kier alpha value is -0.160. The van der Waals surface area contributed by atoms with Gasteiger partial charge in [-0.05, 0) is 47.1 Å². The minimum absolute atomic E-state index is 0.0399. The maximum atomic E-state index is 12.3. The summed E-state index contributed by atoms with van der Waals surface area (Å²) >= 11 is 14.3. The van der Waals surface area contributed by atoms with Crippen LogP contribution < -0.4 is 0 Å². The van der Waals surface area contributed by atoms with Crippen molar-refractivity contribution in [3.05, 3.63) is 53.6 Å². The van der Waals surface area contributed by atoms with Gasteiger partial charge < -0.3 is 0 Å². The fraction of sp³-hybridized carbons (Fsp3) is 0.0833. The SMILES string of the molecule is Cc1sc(Br)cc1C(=O)c1ccc(Br)cc1Cl. The Bertz CT molecular complexity index is 592. The zero-order valence-electron chi connectivity index (χ0n) is 8.76. The van der Waals surface area contributed by atoms with Gasteiger partial charge in [0.2, 0.25) is 0 Å². The van der Waals surface area contributed by atoms with E-state index in [4.69, 9.17) is 11.6 Å². The van der Waals surface area contributed by atoms with Crippen LogP contribution in [0.3, 0.4) is 0 Å². The highest BCUT2D eigenvalue weighted by Crippen LogP contribution is 2.30. The van der Waals surface area contributed by atoms with E-state index in [0.717, 1.165) is 13.1 Å². The zero-order valence-corrected chi connectivity index (χ0v) is 13.5. The van der Waals surface area contributed by atoms with E-state index in [1.54, 1.807) is 23.5 Å². The minimum Gasteiger partial charge on any atom is -0.289 e. The fourth-order valence-electron chi connectivity index (χ4n) is 1.49. The molecule has 0 aliphatic rings. The van der Waals surface area contributed by atoms with E-state index in [1.807, 2.05) is 19.1 Å². The number of thiophene rings is 1.